The van der Waals surface area contributed by atoms with Gasteiger partial charge in [0.2, 0.25) is 5.91 Å². The van der Waals surface area contributed by atoms with Crippen LogP contribution in [0.5, 0.6) is 0 Å². The molecule has 0 unspecified atom stereocenters. The van der Waals surface area contributed by atoms with Crippen LogP contribution in [-0.2, 0) is 0 Å². The first-order chi connectivity index (χ1) is 12.5. The summed E-state index contributed by atoms with van der Waals surface area (Å²) in [4.78, 5) is 31.8. The Labute approximate surface area is 150 Å². The predicted octanol–water partition coefficient (Wildman–Crippen LogP) is 2.85. The number of carbonyl (C=O) groups excluding carboxylic acids is 2. The van der Waals surface area contributed by atoms with E-state index in [0.29, 0.717) is 23.5 Å². The summed E-state index contributed by atoms with van der Waals surface area (Å²) in [5.41, 5.74) is 8.38. The topological polar surface area (TPSA) is 110 Å². The van der Waals surface area contributed by atoms with Crippen LogP contribution in [0.15, 0.2) is 42.9 Å². The number of hydrogen-bond donors (Lipinski definition) is 3. The molecule has 0 bridgehead atoms. The molecule has 4 N–H and O–H groups in total. The Morgan fingerprint density at radius 2 is 2.00 bits per heavy atom. The van der Waals surface area contributed by atoms with Crippen molar-refractivity contribution in [2.24, 2.45) is 5.73 Å². The molecule has 0 aliphatic carbocycles. The maximum absolute atomic E-state index is 11.7. The normalized spacial score (nSPS) is 10.5. The zero-order valence-corrected chi connectivity index (χ0v) is 14.5. The molecule has 0 atom stereocenters. The van der Waals surface area contributed by atoms with Gasteiger partial charge in [-0.2, -0.15) is 0 Å². The Bertz CT molecular complexity index is 1000. The SMILES string of the molecule is CCNC(=O)Nc1cc2cc(-c3cnccc3C(N)=O)cc(C)c2cn1. The third kappa shape index (κ3) is 3.46. The van der Waals surface area contributed by atoms with Crippen molar-refractivity contribution in [2.45, 2.75) is 13.8 Å². The average molecular weight is 349 g/mol. The van der Waals surface area contributed by atoms with Crippen LogP contribution in [-0.4, -0.2) is 28.5 Å². The van der Waals surface area contributed by atoms with Crippen molar-refractivity contribution in [3.05, 3.63) is 54.0 Å². The molecule has 2 aromatic heterocycles. The molecule has 0 radical (unpaired) electrons. The lowest BCUT2D eigenvalue weighted by Crippen LogP contribution is -2.28. The highest BCUT2D eigenvalue weighted by Crippen LogP contribution is 2.29. The van der Waals surface area contributed by atoms with Gasteiger partial charge >= 0.3 is 6.03 Å². The molecule has 26 heavy (non-hydrogen) atoms. The second kappa shape index (κ2) is 7.18. The van der Waals surface area contributed by atoms with Gasteiger partial charge in [0.15, 0.2) is 0 Å². The number of benzene rings is 1. The van der Waals surface area contributed by atoms with Gasteiger partial charge in [0.1, 0.15) is 5.82 Å². The smallest absolute Gasteiger partial charge is 0.320 e. The first-order valence-corrected chi connectivity index (χ1v) is 8.19. The van der Waals surface area contributed by atoms with Gasteiger partial charge in [0, 0.05) is 41.6 Å². The molecule has 3 rings (SSSR count). The number of amides is 3. The molecule has 0 aliphatic rings. The standard InChI is InChI=1S/C19H19N5O2/c1-3-22-19(26)24-17-8-13-7-12(6-11(2)15(13)10-23-17)16-9-21-5-4-14(16)18(20)25/h4-10H,3H2,1-2H3,(H2,20,25)(H2,22,23,24,26). The van der Waals surface area contributed by atoms with Crippen LogP contribution in [0.25, 0.3) is 21.9 Å². The number of urea groups is 1. The molecule has 132 valence electrons. The second-order valence-corrected chi connectivity index (χ2v) is 5.85. The van der Waals surface area contributed by atoms with Crippen molar-refractivity contribution in [1.82, 2.24) is 15.3 Å². The lowest BCUT2D eigenvalue weighted by atomic mass is 9.96. The van der Waals surface area contributed by atoms with Crippen molar-refractivity contribution in [2.75, 3.05) is 11.9 Å². The van der Waals surface area contributed by atoms with Crippen LogP contribution >= 0.6 is 0 Å². The minimum absolute atomic E-state index is 0.310. The molecule has 3 amide bonds. The van der Waals surface area contributed by atoms with Crippen LogP contribution in [0.1, 0.15) is 22.8 Å². The molecular formula is C19H19N5O2. The zero-order valence-electron chi connectivity index (χ0n) is 14.5. The van der Waals surface area contributed by atoms with E-state index in [1.807, 2.05) is 26.0 Å². The third-order valence-electron chi connectivity index (χ3n) is 4.02. The molecule has 1 aromatic carbocycles. The number of aryl methyl sites for hydroxylation is 1. The van der Waals surface area contributed by atoms with Crippen LogP contribution < -0.4 is 16.4 Å². The molecule has 0 saturated heterocycles. The maximum atomic E-state index is 11.7. The highest BCUT2D eigenvalue weighted by atomic mass is 16.2. The second-order valence-electron chi connectivity index (χ2n) is 5.85. The fraction of sp³-hybridized carbons (Fsp3) is 0.158. The molecule has 0 fully saturated rings. The predicted molar refractivity (Wildman–Crippen MR) is 101 cm³/mol. The van der Waals surface area contributed by atoms with E-state index in [-0.39, 0.29) is 6.03 Å². The largest absolute Gasteiger partial charge is 0.366 e. The van der Waals surface area contributed by atoms with Crippen LogP contribution in [0, 0.1) is 6.92 Å². The summed E-state index contributed by atoms with van der Waals surface area (Å²) >= 11 is 0. The summed E-state index contributed by atoms with van der Waals surface area (Å²) in [5, 5.41) is 7.20. The van der Waals surface area contributed by atoms with Gasteiger partial charge in [0.25, 0.3) is 0 Å². The number of nitrogens with one attached hydrogen (secondary N) is 2. The Kier molecular flexibility index (Phi) is 4.79. The Hall–Kier alpha value is -3.48. The summed E-state index contributed by atoms with van der Waals surface area (Å²) in [6.45, 7) is 4.33. The van der Waals surface area contributed by atoms with Gasteiger partial charge in [-0.05, 0) is 48.6 Å². The molecule has 3 aromatic rings. The Morgan fingerprint density at radius 1 is 1.19 bits per heavy atom. The molecular weight excluding hydrogens is 330 g/mol. The van der Waals surface area contributed by atoms with Crippen molar-refractivity contribution >= 4 is 28.5 Å². The summed E-state index contributed by atoms with van der Waals surface area (Å²) in [7, 11) is 0. The highest BCUT2D eigenvalue weighted by Gasteiger charge is 2.12. The molecule has 0 spiro atoms. The number of aromatic nitrogens is 2. The Balaban J connectivity index is 2.09. The minimum Gasteiger partial charge on any atom is -0.366 e. The van der Waals surface area contributed by atoms with E-state index in [1.54, 1.807) is 24.5 Å². The monoisotopic (exact) mass is 349 g/mol. The fourth-order valence-corrected chi connectivity index (χ4v) is 2.82. The van der Waals surface area contributed by atoms with Gasteiger partial charge in [-0.3, -0.25) is 15.1 Å². The van der Waals surface area contributed by atoms with Crippen molar-refractivity contribution in [1.29, 1.82) is 0 Å². The third-order valence-corrected chi connectivity index (χ3v) is 4.02. The van der Waals surface area contributed by atoms with Gasteiger partial charge in [-0.1, -0.05) is 6.07 Å². The summed E-state index contributed by atoms with van der Waals surface area (Å²) in [6, 6.07) is 6.98. The van der Waals surface area contributed by atoms with E-state index >= 15 is 0 Å². The lowest BCUT2D eigenvalue weighted by molar-refractivity contribution is 0.100. The first kappa shape index (κ1) is 17.3. The van der Waals surface area contributed by atoms with E-state index in [1.165, 1.54) is 6.20 Å². The molecule has 7 nitrogen and oxygen atoms in total. The fourth-order valence-electron chi connectivity index (χ4n) is 2.82. The average Bonchev–Trinajstić information content (AvgIpc) is 2.61. The van der Waals surface area contributed by atoms with Gasteiger partial charge < -0.3 is 11.1 Å². The summed E-state index contributed by atoms with van der Waals surface area (Å²) in [6.07, 6.45) is 4.87. The number of fused-ring (bicyclic) bond motifs is 1. The molecule has 2 heterocycles. The quantitative estimate of drug-likeness (QED) is 0.672. The van der Waals surface area contributed by atoms with E-state index in [0.717, 1.165) is 21.9 Å². The molecule has 0 aliphatic heterocycles. The number of anilines is 1. The first-order valence-electron chi connectivity index (χ1n) is 8.19. The zero-order chi connectivity index (χ0) is 18.7. The highest BCUT2D eigenvalue weighted by molar-refractivity contribution is 6.01. The van der Waals surface area contributed by atoms with E-state index in [4.69, 9.17) is 5.73 Å². The lowest BCUT2D eigenvalue weighted by Gasteiger charge is -2.11. The van der Waals surface area contributed by atoms with Gasteiger partial charge in [-0.25, -0.2) is 9.78 Å². The van der Waals surface area contributed by atoms with Crippen LogP contribution in [0.3, 0.4) is 0 Å². The Morgan fingerprint density at radius 3 is 2.73 bits per heavy atom. The number of pyridine rings is 2. The van der Waals surface area contributed by atoms with Gasteiger partial charge in [0.05, 0.1) is 0 Å². The number of hydrogen-bond acceptors (Lipinski definition) is 4. The number of carbonyl (C=O) groups is 2. The van der Waals surface area contributed by atoms with Crippen LogP contribution in [0.4, 0.5) is 10.6 Å². The minimum atomic E-state index is -0.506. The maximum Gasteiger partial charge on any atom is 0.320 e. The van der Waals surface area contributed by atoms with E-state index < -0.39 is 5.91 Å². The molecule has 0 saturated carbocycles. The molecule has 7 heteroatoms. The number of rotatable bonds is 4. The number of nitrogens with zero attached hydrogens (tertiary/aromatic N) is 2. The van der Waals surface area contributed by atoms with E-state index in [9.17, 15) is 9.59 Å². The number of nitrogens with two attached hydrogens (primary N) is 1. The van der Waals surface area contributed by atoms with Crippen LogP contribution in [0.2, 0.25) is 0 Å². The van der Waals surface area contributed by atoms with Gasteiger partial charge in [-0.15, -0.1) is 0 Å². The van der Waals surface area contributed by atoms with E-state index in [2.05, 4.69) is 20.6 Å². The van der Waals surface area contributed by atoms with Crippen molar-refractivity contribution in [3.8, 4) is 11.1 Å². The number of primary amides is 1. The summed E-state index contributed by atoms with van der Waals surface area (Å²) in [5.74, 6) is -0.0604. The summed E-state index contributed by atoms with van der Waals surface area (Å²) < 4.78 is 0. The van der Waals surface area contributed by atoms with Crippen molar-refractivity contribution < 1.29 is 9.59 Å². The van der Waals surface area contributed by atoms with Crippen molar-refractivity contribution in [3.63, 3.8) is 0 Å².